The maximum atomic E-state index is 8.90. The molecule has 4 N–H and O–H groups in total. The van der Waals surface area contributed by atoms with Crippen LogP contribution in [0.3, 0.4) is 0 Å². The third-order valence-electron chi connectivity index (χ3n) is 2.23. The summed E-state index contributed by atoms with van der Waals surface area (Å²) in [5.41, 5.74) is 9.37. The number of aliphatic hydroxyl groups is 1. The Hall–Kier alpha value is -1.48. The molecule has 0 aromatic heterocycles. The first-order valence-electron chi connectivity index (χ1n) is 4.24. The zero-order valence-electron chi connectivity index (χ0n) is 7.25. The monoisotopic (exact) mass is 176 g/mol. The van der Waals surface area contributed by atoms with Gasteiger partial charge in [0.25, 0.3) is 0 Å². The molecule has 0 unspecified atom stereocenters. The van der Waals surface area contributed by atoms with Crippen molar-refractivity contribution < 1.29 is 5.11 Å². The fourth-order valence-electron chi connectivity index (χ4n) is 1.56. The van der Waals surface area contributed by atoms with Crippen molar-refractivity contribution in [1.29, 1.82) is 0 Å². The van der Waals surface area contributed by atoms with Crippen molar-refractivity contribution in [3.05, 3.63) is 41.1 Å². The van der Waals surface area contributed by atoms with E-state index in [9.17, 15) is 0 Å². The second-order valence-corrected chi connectivity index (χ2v) is 3.07. The van der Waals surface area contributed by atoms with Gasteiger partial charge in [-0.2, -0.15) is 0 Å². The molecule has 0 saturated carbocycles. The molecule has 1 aliphatic rings. The van der Waals surface area contributed by atoms with Gasteiger partial charge in [-0.05, 0) is 5.56 Å². The average molecular weight is 176 g/mol. The van der Waals surface area contributed by atoms with Gasteiger partial charge in [-0.15, -0.1) is 0 Å². The van der Waals surface area contributed by atoms with Gasteiger partial charge in [0.15, 0.2) is 0 Å². The fourth-order valence-corrected chi connectivity index (χ4v) is 1.56. The van der Waals surface area contributed by atoms with Crippen LogP contribution in [0, 0.1) is 0 Å². The van der Waals surface area contributed by atoms with Gasteiger partial charge in [0.1, 0.15) is 0 Å². The Bertz CT molecular complexity index is 358. The molecule has 68 valence electrons. The topological polar surface area (TPSA) is 58.3 Å². The largest absolute Gasteiger partial charge is 0.398 e. The molecule has 0 saturated heterocycles. The Morgan fingerprint density at radius 3 is 3.00 bits per heavy atom. The summed E-state index contributed by atoms with van der Waals surface area (Å²) in [7, 11) is 0. The molecule has 1 aromatic carbocycles. The second-order valence-electron chi connectivity index (χ2n) is 3.07. The van der Waals surface area contributed by atoms with E-state index >= 15 is 0 Å². The Morgan fingerprint density at radius 1 is 1.46 bits per heavy atom. The molecule has 0 amide bonds. The highest BCUT2D eigenvalue weighted by Gasteiger charge is 2.16. The first-order chi connectivity index (χ1) is 6.33. The van der Waals surface area contributed by atoms with Crippen molar-refractivity contribution in [2.45, 2.75) is 6.54 Å². The van der Waals surface area contributed by atoms with Crippen LogP contribution in [0.5, 0.6) is 0 Å². The van der Waals surface area contributed by atoms with Crippen molar-refractivity contribution >= 4 is 5.70 Å². The molecule has 3 nitrogen and oxygen atoms in total. The fraction of sp³-hybridized carbons (Fsp3) is 0.200. The van der Waals surface area contributed by atoms with E-state index in [-0.39, 0.29) is 6.61 Å². The summed E-state index contributed by atoms with van der Waals surface area (Å²) in [6, 6.07) is 8.03. The molecule has 0 aliphatic carbocycles. The smallest absolute Gasteiger partial charge is 0.0846 e. The van der Waals surface area contributed by atoms with E-state index in [1.807, 2.05) is 18.2 Å². The molecule has 13 heavy (non-hydrogen) atoms. The van der Waals surface area contributed by atoms with E-state index < -0.39 is 0 Å². The van der Waals surface area contributed by atoms with Crippen LogP contribution in [0.1, 0.15) is 11.1 Å². The van der Waals surface area contributed by atoms with Crippen LogP contribution in [0.4, 0.5) is 0 Å². The van der Waals surface area contributed by atoms with Gasteiger partial charge >= 0.3 is 0 Å². The van der Waals surface area contributed by atoms with Crippen molar-refractivity contribution in [3.63, 3.8) is 0 Å². The molecule has 2 rings (SSSR count). The van der Waals surface area contributed by atoms with E-state index in [0.29, 0.717) is 5.70 Å². The predicted molar refractivity (Wildman–Crippen MR) is 51.5 cm³/mol. The normalized spacial score (nSPS) is 17.9. The van der Waals surface area contributed by atoms with Gasteiger partial charge in [-0.1, -0.05) is 24.3 Å². The lowest BCUT2D eigenvalue weighted by Crippen LogP contribution is -2.12. The van der Waals surface area contributed by atoms with Gasteiger partial charge in [0.2, 0.25) is 0 Å². The standard InChI is InChI=1S/C10H12N2O/c11-9(6-13)10-8-4-2-1-3-7(8)5-12-10/h1-4,12-13H,5-6,11H2/b10-9-. The van der Waals surface area contributed by atoms with Crippen LogP contribution < -0.4 is 11.1 Å². The number of nitrogens with one attached hydrogen (secondary N) is 1. The van der Waals surface area contributed by atoms with Crippen molar-refractivity contribution in [2.75, 3.05) is 6.61 Å². The van der Waals surface area contributed by atoms with Crippen LogP contribution in [0.25, 0.3) is 5.70 Å². The van der Waals surface area contributed by atoms with Crippen molar-refractivity contribution in [1.82, 2.24) is 5.32 Å². The van der Waals surface area contributed by atoms with Crippen LogP contribution in [-0.4, -0.2) is 11.7 Å². The minimum atomic E-state index is -0.101. The molecule has 0 atom stereocenters. The van der Waals surface area contributed by atoms with Crippen LogP contribution in [0.15, 0.2) is 30.0 Å². The first kappa shape index (κ1) is 8.13. The number of hydrogen-bond donors (Lipinski definition) is 3. The van der Waals surface area contributed by atoms with Crippen molar-refractivity contribution in [3.8, 4) is 0 Å². The lowest BCUT2D eigenvalue weighted by atomic mass is 10.1. The Kier molecular flexibility index (Phi) is 1.94. The number of nitrogens with two attached hydrogens (primary N) is 1. The van der Waals surface area contributed by atoms with E-state index in [1.165, 1.54) is 5.56 Å². The van der Waals surface area contributed by atoms with Crippen LogP contribution >= 0.6 is 0 Å². The quantitative estimate of drug-likeness (QED) is 0.581. The van der Waals surface area contributed by atoms with Gasteiger partial charge in [0, 0.05) is 12.1 Å². The van der Waals surface area contributed by atoms with E-state index in [2.05, 4.69) is 11.4 Å². The number of aliphatic hydroxyl groups excluding tert-OH is 1. The van der Waals surface area contributed by atoms with Gasteiger partial charge in [0.05, 0.1) is 18.0 Å². The van der Waals surface area contributed by atoms with Crippen LogP contribution in [-0.2, 0) is 6.54 Å². The molecule has 0 bridgehead atoms. The highest BCUT2D eigenvalue weighted by Crippen LogP contribution is 2.24. The molecule has 0 fully saturated rings. The Labute approximate surface area is 76.9 Å². The summed E-state index contributed by atoms with van der Waals surface area (Å²) in [5, 5.41) is 12.1. The summed E-state index contributed by atoms with van der Waals surface area (Å²) in [6.07, 6.45) is 0. The van der Waals surface area contributed by atoms with Crippen LogP contribution in [0.2, 0.25) is 0 Å². The third-order valence-corrected chi connectivity index (χ3v) is 2.23. The molecule has 0 spiro atoms. The molecule has 1 heterocycles. The number of benzene rings is 1. The minimum absolute atomic E-state index is 0.101. The summed E-state index contributed by atoms with van der Waals surface area (Å²) in [5.74, 6) is 0. The van der Waals surface area contributed by atoms with Gasteiger partial charge in [-0.3, -0.25) is 0 Å². The lowest BCUT2D eigenvalue weighted by Gasteiger charge is -2.04. The highest BCUT2D eigenvalue weighted by atomic mass is 16.3. The molecular formula is C10H12N2O. The predicted octanol–water partition coefficient (Wildman–Crippen LogP) is 0.409. The number of fused-ring (bicyclic) bond motifs is 1. The highest BCUT2D eigenvalue weighted by molar-refractivity contribution is 5.72. The maximum absolute atomic E-state index is 8.90. The van der Waals surface area contributed by atoms with E-state index in [0.717, 1.165) is 17.8 Å². The zero-order valence-corrected chi connectivity index (χ0v) is 7.25. The van der Waals surface area contributed by atoms with Gasteiger partial charge in [-0.25, -0.2) is 0 Å². The van der Waals surface area contributed by atoms with E-state index in [1.54, 1.807) is 0 Å². The SMILES string of the molecule is N/C(CO)=C1\NCc2ccccc21. The molecule has 0 radical (unpaired) electrons. The van der Waals surface area contributed by atoms with Crippen molar-refractivity contribution in [2.24, 2.45) is 5.73 Å². The zero-order chi connectivity index (χ0) is 9.26. The lowest BCUT2D eigenvalue weighted by molar-refractivity contribution is 0.330. The summed E-state index contributed by atoms with van der Waals surface area (Å²) < 4.78 is 0. The molecule has 1 aliphatic heterocycles. The summed E-state index contributed by atoms with van der Waals surface area (Å²) in [4.78, 5) is 0. The number of hydrogen-bond acceptors (Lipinski definition) is 3. The summed E-state index contributed by atoms with van der Waals surface area (Å²) in [6.45, 7) is 0.697. The van der Waals surface area contributed by atoms with Gasteiger partial charge < -0.3 is 16.2 Å². The second kappa shape index (κ2) is 3.11. The number of rotatable bonds is 1. The Morgan fingerprint density at radius 2 is 2.23 bits per heavy atom. The average Bonchev–Trinajstić information content (AvgIpc) is 2.60. The summed E-state index contributed by atoms with van der Waals surface area (Å²) >= 11 is 0. The van der Waals surface area contributed by atoms with E-state index in [4.69, 9.17) is 10.8 Å². The molecule has 1 aromatic rings. The Balaban J connectivity index is 2.50. The maximum Gasteiger partial charge on any atom is 0.0846 e. The first-order valence-corrected chi connectivity index (χ1v) is 4.24. The molecule has 3 heteroatoms. The third kappa shape index (κ3) is 1.27. The molecular weight excluding hydrogens is 164 g/mol. The minimum Gasteiger partial charge on any atom is -0.398 e.